The number of halogens is 2. The number of carbonyl (C=O) groups excluding carboxylic acids is 1. The molecule has 0 saturated carbocycles. The first kappa shape index (κ1) is 21.2. The Morgan fingerprint density at radius 3 is 2.54 bits per heavy atom. The minimum absolute atomic E-state index is 0. The Morgan fingerprint density at radius 1 is 1.19 bits per heavy atom. The number of carbonyl (C=O) groups is 1. The molecule has 4 nitrogen and oxygen atoms in total. The Labute approximate surface area is 169 Å². The van der Waals surface area contributed by atoms with Crippen molar-refractivity contribution in [3.05, 3.63) is 46.3 Å². The Kier molecular flexibility index (Phi) is 8.38. The molecular formula is C19H24Cl2N2O2S. The molecule has 1 aromatic carbocycles. The molecule has 142 valence electrons. The molecule has 1 aliphatic rings. The first-order valence-corrected chi connectivity index (χ1v) is 9.83. The Hall–Kier alpha value is -1.11. The molecule has 7 heteroatoms. The van der Waals surface area contributed by atoms with E-state index in [1.54, 1.807) is 0 Å². The molecule has 1 aliphatic heterocycles. The lowest BCUT2D eigenvalue weighted by Crippen LogP contribution is -2.40. The van der Waals surface area contributed by atoms with Crippen LogP contribution < -0.4 is 5.73 Å². The molecule has 0 atom stereocenters. The number of piperidine rings is 1. The summed E-state index contributed by atoms with van der Waals surface area (Å²) >= 11 is 7.47. The summed E-state index contributed by atoms with van der Waals surface area (Å²) in [6.07, 6.45) is 2.93. The van der Waals surface area contributed by atoms with Gasteiger partial charge in [-0.15, -0.1) is 23.7 Å². The number of amides is 1. The van der Waals surface area contributed by atoms with Crippen LogP contribution in [0.25, 0.3) is 10.4 Å². The summed E-state index contributed by atoms with van der Waals surface area (Å²) in [6.45, 7) is 2.87. The van der Waals surface area contributed by atoms with Crippen LogP contribution in [0.2, 0.25) is 5.02 Å². The minimum atomic E-state index is 0. The predicted molar refractivity (Wildman–Crippen MR) is 111 cm³/mol. The average molecular weight is 415 g/mol. The number of hydrogen-bond acceptors (Lipinski definition) is 4. The third kappa shape index (κ3) is 5.44. The first-order valence-electron chi connectivity index (χ1n) is 8.64. The second-order valence-electron chi connectivity index (χ2n) is 6.18. The topological polar surface area (TPSA) is 55.6 Å². The van der Waals surface area contributed by atoms with Crippen LogP contribution >= 0.6 is 35.3 Å². The van der Waals surface area contributed by atoms with Crippen molar-refractivity contribution in [1.29, 1.82) is 0 Å². The maximum absolute atomic E-state index is 12.7. The smallest absolute Gasteiger partial charge is 0.263 e. The van der Waals surface area contributed by atoms with Gasteiger partial charge >= 0.3 is 0 Å². The fourth-order valence-corrected chi connectivity index (χ4v) is 4.04. The van der Waals surface area contributed by atoms with Crippen LogP contribution in [0.5, 0.6) is 0 Å². The van der Waals surface area contributed by atoms with E-state index in [0.29, 0.717) is 18.2 Å². The van der Waals surface area contributed by atoms with Gasteiger partial charge in [-0.3, -0.25) is 4.79 Å². The highest BCUT2D eigenvalue weighted by Gasteiger charge is 2.25. The quantitative estimate of drug-likeness (QED) is 0.709. The first-order chi connectivity index (χ1) is 12.2. The zero-order chi connectivity index (χ0) is 17.6. The fraction of sp³-hybridized carbons (Fsp3) is 0.421. The van der Waals surface area contributed by atoms with Gasteiger partial charge in [0.2, 0.25) is 0 Å². The molecule has 0 spiro atoms. The van der Waals surface area contributed by atoms with E-state index in [1.807, 2.05) is 41.3 Å². The lowest BCUT2D eigenvalue weighted by atomic mass is 10.1. The number of likely N-dealkylation sites (tertiary alicyclic amines) is 1. The van der Waals surface area contributed by atoms with Crippen molar-refractivity contribution in [3.63, 3.8) is 0 Å². The van der Waals surface area contributed by atoms with Crippen molar-refractivity contribution in [2.75, 3.05) is 26.2 Å². The van der Waals surface area contributed by atoms with E-state index in [9.17, 15) is 4.79 Å². The summed E-state index contributed by atoms with van der Waals surface area (Å²) < 4.78 is 5.80. The van der Waals surface area contributed by atoms with Crippen molar-refractivity contribution >= 4 is 41.3 Å². The molecule has 1 saturated heterocycles. The number of benzene rings is 1. The van der Waals surface area contributed by atoms with E-state index in [0.717, 1.165) is 47.7 Å². The largest absolute Gasteiger partial charge is 0.378 e. The summed E-state index contributed by atoms with van der Waals surface area (Å²) in [5.74, 6) is 0.116. The van der Waals surface area contributed by atoms with Crippen molar-refractivity contribution < 1.29 is 9.53 Å². The van der Waals surface area contributed by atoms with E-state index in [-0.39, 0.29) is 24.4 Å². The van der Waals surface area contributed by atoms with E-state index in [1.165, 1.54) is 11.3 Å². The molecule has 1 fully saturated rings. The van der Waals surface area contributed by atoms with Gasteiger partial charge in [-0.25, -0.2) is 0 Å². The van der Waals surface area contributed by atoms with Gasteiger partial charge in [-0.2, -0.15) is 0 Å². The molecule has 2 heterocycles. The standard InChI is InChI=1S/C19H23ClN2O2S.ClH/c20-15-4-2-14(3-5-15)17-6-7-18(25-17)19(23)22-11-8-16(9-12-22)24-13-1-10-21;/h2-7,16H,1,8-13,21H2;1H. The third-order valence-electron chi connectivity index (χ3n) is 4.38. The number of thiophene rings is 1. The van der Waals surface area contributed by atoms with Crippen molar-refractivity contribution in [2.45, 2.75) is 25.4 Å². The predicted octanol–water partition coefficient (Wildman–Crippen LogP) is 4.46. The number of hydrogen-bond donors (Lipinski definition) is 1. The van der Waals surface area contributed by atoms with Gasteiger partial charge in [0, 0.05) is 29.6 Å². The molecule has 2 N–H and O–H groups in total. The number of nitrogens with two attached hydrogens (primary N) is 1. The maximum Gasteiger partial charge on any atom is 0.263 e. The van der Waals surface area contributed by atoms with E-state index < -0.39 is 0 Å². The molecule has 1 aromatic heterocycles. The number of nitrogens with zero attached hydrogens (tertiary/aromatic N) is 1. The highest BCUT2D eigenvalue weighted by Crippen LogP contribution is 2.30. The average Bonchev–Trinajstić information content (AvgIpc) is 3.13. The molecule has 0 unspecified atom stereocenters. The van der Waals surface area contributed by atoms with Crippen molar-refractivity contribution in [1.82, 2.24) is 4.90 Å². The molecule has 2 aromatic rings. The fourth-order valence-electron chi connectivity index (χ4n) is 2.94. The van der Waals surface area contributed by atoms with Gasteiger partial charge in [0.05, 0.1) is 11.0 Å². The summed E-state index contributed by atoms with van der Waals surface area (Å²) in [5.41, 5.74) is 6.57. The Bertz CT molecular complexity index is 698. The maximum atomic E-state index is 12.7. The van der Waals surface area contributed by atoms with Crippen LogP contribution in [0.4, 0.5) is 0 Å². The van der Waals surface area contributed by atoms with Crippen LogP contribution in [-0.2, 0) is 4.74 Å². The molecule has 3 rings (SSSR count). The second kappa shape index (κ2) is 10.3. The normalized spacial score (nSPS) is 14.9. The van der Waals surface area contributed by atoms with Crippen LogP contribution in [0.3, 0.4) is 0 Å². The summed E-state index contributed by atoms with van der Waals surface area (Å²) in [4.78, 5) is 16.5. The van der Waals surface area contributed by atoms with Crippen LogP contribution in [0, 0.1) is 0 Å². The zero-order valence-electron chi connectivity index (χ0n) is 14.5. The third-order valence-corrected chi connectivity index (χ3v) is 5.75. The van der Waals surface area contributed by atoms with E-state index in [2.05, 4.69) is 0 Å². The minimum Gasteiger partial charge on any atom is -0.378 e. The van der Waals surface area contributed by atoms with Crippen LogP contribution in [0.1, 0.15) is 28.9 Å². The van der Waals surface area contributed by atoms with E-state index >= 15 is 0 Å². The van der Waals surface area contributed by atoms with Gasteiger partial charge in [-0.1, -0.05) is 23.7 Å². The summed E-state index contributed by atoms with van der Waals surface area (Å²) in [6, 6.07) is 11.6. The molecule has 0 radical (unpaired) electrons. The van der Waals surface area contributed by atoms with Crippen LogP contribution in [-0.4, -0.2) is 43.2 Å². The van der Waals surface area contributed by atoms with Crippen molar-refractivity contribution in [2.24, 2.45) is 5.73 Å². The summed E-state index contributed by atoms with van der Waals surface area (Å²) in [7, 11) is 0. The zero-order valence-corrected chi connectivity index (χ0v) is 16.9. The number of rotatable bonds is 6. The second-order valence-corrected chi connectivity index (χ2v) is 7.70. The Balaban J connectivity index is 0.00000243. The lowest BCUT2D eigenvalue weighted by Gasteiger charge is -2.31. The molecule has 1 amide bonds. The van der Waals surface area contributed by atoms with Gasteiger partial charge in [0.15, 0.2) is 0 Å². The molecular weight excluding hydrogens is 391 g/mol. The summed E-state index contributed by atoms with van der Waals surface area (Å²) in [5, 5.41) is 0.716. The van der Waals surface area contributed by atoms with E-state index in [4.69, 9.17) is 22.1 Å². The van der Waals surface area contributed by atoms with Gasteiger partial charge in [-0.05, 0) is 55.6 Å². The van der Waals surface area contributed by atoms with Gasteiger partial charge < -0.3 is 15.4 Å². The highest BCUT2D eigenvalue weighted by molar-refractivity contribution is 7.17. The Morgan fingerprint density at radius 2 is 1.88 bits per heavy atom. The van der Waals surface area contributed by atoms with Crippen LogP contribution in [0.15, 0.2) is 36.4 Å². The SMILES string of the molecule is Cl.NCCCOC1CCN(C(=O)c2ccc(-c3ccc(Cl)cc3)s2)CC1. The molecule has 0 aliphatic carbocycles. The monoisotopic (exact) mass is 414 g/mol. The molecule has 0 bridgehead atoms. The lowest BCUT2D eigenvalue weighted by molar-refractivity contribution is 0.00858. The van der Waals surface area contributed by atoms with Gasteiger partial charge in [0.1, 0.15) is 0 Å². The highest BCUT2D eigenvalue weighted by atomic mass is 35.5. The molecule has 26 heavy (non-hydrogen) atoms. The van der Waals surface area contributed by atoms with Gasteiger partial charge in [0.25, 0.3) is 5.91 Å². The number of ether oxygens (including phenoxy) is 1. The van der Waals surface area contributed by atoms with Crippen molar-refractivity contribution in [3.8, 4) is 10.4 Å².